The summed E-state index contributed by atoms with van der Waals surface area (Å²) in [6.07, 6.45) is 5.25. The van der Waals surface area contributed by atoms with Gasteiger partial charge in [0.15, 0.2) is 5.82 Å². The predicted molar refractivity (Wildman–Crippen MR) is 142 cm³/mol. The van der Waals surface area contributed by atoms with Gasteiger partial charge in [-0.2, -0.15) is 4.98 Å². The number of aromatic nitrogens is 2. The van der Waals surface area contributed by atoms with E-state index in [0.717, 1.165) is 36.4 Å². The van der Waals surface area contributed by atoms with Crippen LogP contribution in [0.15, 0.2) is 42.6 Å². The molecule has 0 bridgehead atoms. The van der Waals surface area contributed by atoms with E-state index in [0.29, 0.717) is 29.3 Å². The van der Waals surface area contributed by atoms with Gasteiger partial charge in [-0.25, -0.2) is 4.98 Å². The monoisotopic (exact) mass is 503 g/mol. The van der Waals surface area contributed by atoms with Crippen molar-refractivity contribution >= 4 is 40.7 Å². The number of nitrogens with one attached hydrogen (secondary N) is 1. The normalized spacial score (nSPS) is 21.2. The number of ether oxygens (including phenoxy) is 1. The van der Waals surface area contributed by atoms with Crippen molar-refractivity contribution in [1.82, 2.24) is 14.9 Å². The third-order valence-corrected chi connectivity index (χ3v) is 7.98. The molecule has 8 heteroatoms. The van der Waals surface area contributed by atoms with Gasteiger partial charge in [0.05, 0.1) is 13.3 Å². The molecule has 1 N–H and O–H groups in total. The third-order valence-electron chi connectivity index (χ3n) is 7.71. The number of rotatable bonds is 5. The van der Waals surface area contributed by atoms with Gasteiger partial charge >= 0.3 is 5.97 Å². The summed E-state index contributed by atoms with van der Waals surface area (Å²) in [5.41, 5.74) is 6.34. The average Bonchev–Trinajstić information content (AvgIpc) is 3.68. The summed E-state index contributed by atoms with van der Waals surface area (Å²) in [6.45, 7) is 4.33. The molecule has 1 unspecified atom stereocenters. The summed E-state index contributed by atoms with van der Waals surface area (Å²) in [5.74, 6) is 1.43. The van der Waals surface area contributed by atoms with Crippen LogP contribution in [0.2, 0.25) is 5.02 Å². The van der Waals surface area contributed by atoms with Gasteiger partial charge in [0.25, 0.3) is 0 Å². The Morgan fingerprint density at radius 3 is 2.83 bits per heavy atom. The van der Waals surface area contributed by atoms with Crippen molar-refractivity contribution in [1.29, 1.82) is 0 Å². The summed E-state index contributed by atoms with van der Waals surface area (Å²) in [7, 11) is 3.59. The zero-order valence-corrected chi connectivity index (χ0v) is 21.6. The first-order chi connectivity index (χ1) is 17.4. The maximum atomic E-state index is 12.8. The maximum absolute atomic E-state index is 12.8. The number of para-hydroxylation sites is 1. The topological polar surface area (TPSA) is 70.6 Å². The van der Waals surface area contributed by atoms with Crippen molar-refractivity contribution in [2.75, 3.05) is 37.5 Å². The number of carbonyl (C=O) groups is 1. The minimum Gasteiger partial charge on any atom is -0.468 e. The lowest BCUT2D eigenvalue weighted by Crippen LogP contribution is -2.38. The highest BCUT2D eigenvalue weighted by atomic mass is 35.5. The molecule has 3 heterocycles. The molecule has 0 saturated heterocycles. The highest BCUT2D eigenvalue weighted by Crippen LogP contribution is 2.47. The SMILES string of the molecule is COC(=O)C1(C)CN(c2nc(Nc3cc4c(c(C5CC5)c3)CCN(C)C4)ncc2Cl)c2ccccc21. The average molecular weight is 504 g/mol. The van der Waals surface area contributed by atoms with Crippen LogP contribution in [0.25, 0.3) is 0 Å². The fraction of sp³-hybridized carbons (Fsp3) is 0.393. The number of nitrogens with zero attached hydrogens (tertiary/aromatic N) is 4. The molecule has 0 radical (unpaired) electrons. The molecule has 3 aliphatic rings. The lowest BCUT2D eigenvalue weighted by Gasteiger charge is -2.28. The van der Waals surface area contributed by atoms with Crippen LogP contribution in [0, 0.1) is 0 Å². The molecule has 1 atom stereocenters. The van der Waals surface area contributed by atoms with Gasteiger partial charge in [0, 0.05) is 31.0 Å². The standard InChI is InChI=1S/C28H30ClN5O2/c1-28(26(35)36-3)16-34(24-7-5-4-6-22(24)28)25-23(29)14-30-27(32-25)31-19-12-18-15-33(2)11-10-20(18)21(13-19)17-8-9-17/h4-7,12-14,17H,8-11,15-16H2,1-3H3,(H,30,31,32). The number of likely N-dealkylation sites (N-methyl/N-ethyl adjacent to an activating group) is 1. The summed E-state index contributed by atoms with van der Waals surface area (Å²) in [5, 5.41) is 3.87. The van der Waals surface area contributed by atoms with Gasteiger partial charge in [0.1, 0.15) is 10.4 Å². The van der Waals surface area contributed by atoms with E-state index >= 15 is 0 Å². The highest BCUT2D eigenvalue weighted by Gasteiger charge is 2.47. The predicted octanol–water partition coefficient (Wildman–Crippen LogP) is 5.32. The second kappa shape index (κ2) is 8.75. The van der Waals surface area contributed by atoms with E-state index in [1.54, 1.807) is 6.20 Å². The lowest BCUT2D eigenvalue weighted by molar-refractivity contribution is -0.146. The molecule has 36 heavy (non-hydrogen) atoms. The third kappa shape index (κ3) is 3.91. The molecular formula is C28H30ClN5O2. The molecule has 1 aromatic heterocycles. The molecule has 2 aromatic carbocycles. The minimum atomic E-state index is -0.823. The minimum absolute atomic E-state index is 0.285. The molecule has 6 rings (SSSR count). The van der Waals surface area contributed by atoms with Crippen LogP contribution in [0.5, 0.6) is 0 Å². The van der Waals surface area contributed by atoms with Crippen LogP contribution >= 0.6 is 11.6 Å². The van der Waals surface area contributed by atoms with E-state index in [4.69, 9.17) is 21.3 Å². The summed E-state index contributed by atoms with van der Waals surface area (Å²) in [4.78, 5) is 26.4. The number of hydrogen-bond acceptors (Lipinski definition) is 7. The van der Waals surface area contributed by atoms with E-state index in [2.05, 4.69) is 34.4 Å². The van der Waals surface area contributed by atoms with Crippen LogP contribution in [-0.4, -0.2) is 48.1 Å². The molecular weight excluding hydrogens is 474 g/mol. The van der Waals surface area contributed by atoms with Crippen molar-refractivity contribution in [3.8, 4) is 0 Å². The van der Waals surface area contributed by atoms with Crippen LogP contribution in [-0.2, 0) is 27.9 Å². The molecule has 7 nitrogen and oxygen atoms in total. The van der Waals surface area contributed by atoms with Crippen LogP contribution < -0.4 is 10.2 Å². The summed E-state index contributed by atoms with van der Waals surface area (Å²) < 4.78 is 5.15. The van der Waals surface area contributed by atoms with Crippen molar-refractivity contribution in [2.45, 2.75) is 44.1 Å². The van der Waals surface area contributed by atoms with Gasteiger partial charge in [-0.05, 0) is 79.6 Å². The fourth-order valence-corrected chi connectivity index (χ4v) is 5.89. The van der Waals surface area contributed by atoms with E-state index in [1.807, 2.05) is 36.1 Å². The molecule has 1 saturated carbocycles. The second-order valence-electron chi connectivity index (χ2n) is 10.4. The molecule has 3 aromatic rings. The maximum Gasteiger partial charge on any atom is 0.317 e. The molecule has 2 aliphatic heterocycles. The Morgan fingerprint density at radius 2 is 2.06 bits per heavy atom. The smallest absolute Gasteiger partial charge is 0.317 e. The van der Waals surface area contributed by atoms with Crippen molar-refractivity contribution < 1.29 is 9.53 Å². The second-order valence-corrected chi connectivity index (χ2v) is 10.8. The zero-order chi connectivity index (χ0) is 25.0. The van der Waals surface area contributed by atoms with E-state index in [1.165, 1.54) is 36.6 Å². The van der Waals surface area contributed by atoms with Gasteiger partial charge < -0.3 is 19.9 Å². The van der Waals surface area contributed by atoms with E-state index in [9.17, 15) is 4.79 Å². The number of esters is 1. The first-order valence-electron chi connectivity index (χ1n) is 12.5. The largest absolute Gasteiger partial charge is 0.468 e. The Morgan fingerprint density at radius 1 is 1.25 bits per heavy atom. The number of carbonyl (C=O) groups excluding carboxylic acids is 1. The van der Waals surface area contributed by atoms with Gasteiger partial charge in [-0.15, -0.1) is 0 Å². The first-order valence-corrected chi connectivity index (χ1v) is 12.8. The van der Waals surface area contributed by atoms with Gasteiger partial charge in [-0.3, -0.25) is 4.79 Å². The van der Waals surface area contributed by atoms with Gasteiger partial charge in [-0.1, -0.05) is 29.8 Å². The Hall–Kier alpha value is -3.16. The van der Waals surface area contributed by atoms with Crippen molar-refractivity contribution in [3.05, 3.63) is 69.9 Å². The highest BCUT2D eigenvalue weighted by molar-refractivity contribution is 6.33. The fourth-order valence-electron chi connectivity index (χ4n) is 5.69. The van der Waals surface area contributed by atoms with E-state index in [-0.39, 0.29) is 5.97 Å². The van der Waals surface area contributed by atoms with Crippen LogP contribution in [0.1, 0.15) is 47.9 Å². The number of fused-ring (bicyclic) bond motifs is 2. The summed E-state index contributed by atoms with van der Waals surface area (Å²) >= 11 is 6.62. The molecule has 0 amide bonds. The Balaban J connectivity index is 1.35. The number of hydrogen-bond donors (Lipinski definition) is 1. The molecule has 0 spiro atoms. The Labute approximate surface area is 216 Å². The molecule has 1 aliphatic carbocycles. The Bertz CT molecular complexity index is 1360. The molecule has 1 fully saturated rings. The summed E-state index contributed by atoms with van der Waals surface area (Å²) in [6, 6.07) is 12.3. The lowest BCUT2D eigenvalue weighted by atomic mass is 9.85. The number of anilines is 4. The zero-order valence-electron chi connectivity index (χ0n) is 20.8. The number of methoxy groups -OCH3 is 1. The Kier molecular flexibility index (Phi) is 5.65. The molecule has 186 valence electrons. The van der Waals surface area contributed by atoms with Crippen molar-refractivity contribution in [3.63, 3.8) is 0 Å². The number of benzene rings is 2. The van der Waals surface area contributed by atoms with Gasteiger partial charge in [0.2, 0.25) is 5.95 Å². The van der Waals surface area contributed by atoms with Crippen LogP contribution in [0.3, 0.4) is 0 Å². The van der Waals surface area contributed by atoms with E-state index < -0.39 is 5.41 Å². The van der Waals surface area contributed by atoms with Crippen molar-refractivity contribution in [2.24, 2.45) is 0 Å². The van der Waals surface area contributed by atoms with Crippen LogP contribution in [0.4, 0.5) is 23.1 Å². The number of halogens is 1. The first kappa shape index (κ1) is 23.3. The quantitative estimate of drug-likeness (QED) is 0.472.